The molecule has 1 fully saturated rings. The smallest absolute Gasteiger partial charge is 0.240 e. The first-order valence-corrected chi connectivity index (χ1v) is 9.10. The van der Waals surface area contributed by atoms with Gasteiger partial charge in [-0.05, 0) is 42.5 Å². The molecule has 0 saturated heterocycles. The number of benzene rings is 2. The Bertz CT molecular complexity index is 845. The second-order valence-electron chi connectivity index (χ2n) is 6.85. The van der Waals surface area contributed by atoms with Crippen molar-refractivity contribution in [2.75, 3.05) is 6.54 Å². The Morgan fingerprint density at radius 3 is 2.62 bits per heavy atom. The first-order valence-electron chi connectivity index (χ1n) is 9.10. The first-order chi connectivity index (χ1) is 12.8. The van der Waals surface area contributed by atoms with Gasteiger partial charge in [0.2, 0.25) is 5.89 Å². The van der Waals surface area contributed by atoms with Crippen molar-refractivity contribution >= 4 is 0 Å². The van der Waals surface area contributed by atoms with Crippen LogP contribution in [0.1, 0.15) is 35.7 Å². The first kappa shape index (κ1) is 16.9. The van der Waals surface area contributed by atoms with Gasteiger partial charge in [-0.2, -0.15) is 4.98 Å². The third kappa shape index (κ3) is 4.55. The van der Waals surface area contributed by atoms with Crippen LogP contribution in [0.15, 0.2) is 59.1 Å². The highest BCUT2D eigenvalue weighted by molar-refractivity contribution is 5.18. The highest BCUT2D eigenvalue weighted by Crippen LogP contribution is 2.28. The zero-order valence-electron chi connectivity index (χ0n) is 14.6. The molecular formula is C21H22FN3O. The molecule has 1 aliphatic carbocycles. The van der Waals surface area contributed by atoms with E-state index in [0.717, 1.165) is 18.5 Å². The van der Waals surface area contributed by atoms with Gasteiger partial charge >= 0.3 is 0 Å². The van der Waals surface area contributed by atoms with Crippen LogP contribution in [0.5, 0.6) is 0 Å². The highest BCUT2D eigenvalue weighted by atomic mass is 19.1. The third-order valence-corrected chi connectivity index (χ3v) is 4.69. The van der Waals surface area contributed by atoms with Crippen molar-refractivity contribution in [2.24, 2.45) is 0 Å². The molecule has 2 aromatic carbocycles. The van der Waals surface area contributed by atoms with Crippen LogP contribution in [0.2, 0.25) is 0 Å². The average Bonchev–Trinajstić information content (AvgIpc) is 3.41. The van der Waals surface area contributed by atoms with Crippen LogP contribution in [-0.2, 0) is 19.4 Å². The lowest BCUT2D eigenvalue weighted by Gasteiger charge is -2.19. The van der Waals surface area contributed by atoms with E-state index in [4.69, 9.17) is 4.52 Å². The number of nitrogens with zero attached hydrogens (tertiary/aromatic N) is 3. The minimum absolute atomic E-state index is 0.178. The minimum Gasteiger partial charge on any atom is -0.338 e. The average molecular weight is 351 g/mol. The minimum atomic E-state index is -0.178. The summed E-state index contributed by atoms with van der Waals surface area (Å²) < 4.78 is 18.8. The summed E-state index contributed by atoms with van der Waals surface area (Å²) in [7, 11) is 0. The Kier molecular flexibility index (Phi) is 5.07. The predicted molar refractivity (Wildman–Crippen MR) is 97.1 cm³/mol. The van der Waals surface area contributed by atoms with E-state index in [1.807, 2.05) is 24.3 Å². The molecule has 1 aliphatic rings. The van der Waals surface area contributed by atoms with Gasteiger partial charge in [0.1, 0.15) is 5.82 Å². The molecule has 0 bridgehead atoms. The summed E-state index contributed by atoms with van der Waals surface area (Å²) in [5, 5.41) is 4.11. The quantitative estimate of drug-likeness (QED) is 0.615. The van der Waals surface area contributed by atoms with Crippen LogP contribution in [0.4, 0.5) is 4.39 Å². The summed E-state index contributed by atoms with van der Waals surface area (Å²) >= 11 is 0. The van der Waals surface area contributed by atoms with Crippen LogP contribution >= 0.6 is 0 Å². The van der Waals surface area contributed by atoms with Gasteiger partial charge in [-0.25, -0.2) is 4.39 Å². The Balaban J connectivity index is 1.36. The van der Waals surface area contributed by atoms with Gasteiger partial charge in [-0.15, -0.1) is 0 Å². The van der Waals surface area contributed by atoms with E-state index < -0.39 is 0 Å². The Labute approximate surface area is 152 Å². The molecule has 0 amide bonds. The summed E-state index contributed by atoms with van der Waals surface area (Å²) in [5.74, 6) is 1.19. The standard InChI is InChI=1S/C21H22FN3O/c22-18-8-4-7-17(13-18)11-12-25(19-9-10-19)15-21-23-20(24-26-21)14-16-5-2-1-3-6-16/h1-8,13,19H,9-12,14-15H2. The molecule has 0 spiro atoms. The van der Waals surface area contributed by atoms with Crippen LogP contribution in [-0.4, -0.2) is 27.6 Å². The predicted octanol–water partition coefficient (Wildman–Crippen LogP) is 4.01. The van der Waals surface area contributed by atoms with E-state index in [1.54, 1.807) is 12.1 Å². The lowest BCUT2D eigenvalue weighted by Crippen LogP contribution is -2.28. The number of rotatable bonds is 8. The molecule has 0 radical (unpaired) electrons. The van der Waals surface area contributed by atoms with Crippen LogP contribution in [0.3, 0.4) is 0 Å². The van der Waals surface area contributed by atoms with Gasteiger partial charge < -0.3 is 4.52 Å². The number of hydrogen-bond acceptors (Lipinski definition) is 4. The van der Waals surface area contributed by atoms with Crippen molar-refractivity contribution in [3.8, 4) is 0 Å². The van der Waals surface area contributed by atoms with Crippen LogP contribution in [0, 0.1) is 5.82 Å². The van der Waals surface area contributed by atoms with Gasteiger partial charge in [-0.1, -0.05) is 47.6 Å². The normalized spacial score (nSPS) is 14.1. The molecule has 3 aromatic rings. The Morgan fingerprint density at radius 2 is 1.85 bits per heavy atom. The fourth-order valence-electron chi connectivity index (χ4n) is 3.17. The van der Waals surface area contributed by atoms with Crippen molar-refractivity contribution in [1.82, 2.24) is 15.0 Å². The number of halogens is 1. The summed E-state index contributed by atoms with van der Waals surface area (Å²) in [6.07, 6.45) is 3.90. The van der Waals surface area contributed by atoms with Gasteiger partial charge in [-0.3, -0.25) is 4.90 Å². The van der Waals surface area contributed by atoms with Crippen molar-refractivity contribution in [3.63, 3.8) is 0 Å². The molecule has 26 heavy (non-hydrogen) atoms. The van der Waals surface area contributed by atoms with Gasteiger partial charge in [0, 0.05) is 19.0 Å². The summed E-state index contributed by atoms with van der Waals surface area (Å²) in [5.41, 5.74) is 2.19. The Hall–Kier alpha value is -2.53. The second-order valence-corrected chi connectivity index (χ2v) is 6.85. The fourth-order valence-corrected chi connectivity index (χ4v) is 3.17. The molecule has 0 N–H and O–H groups in total. The maximum Gasteiger partial charge on any atom is 0.240 e. The van der Waals surface area contributed by atoms with Crippen molar-refractivity contribution in [2.45, 2.75) is 38.3 Å². The van der Waals surface area contributed by atoms with Crippen LogP contribution in [0.25, 0.3) is 0 Å². The molecule has 4 rings (SSSR count). The van der Waals surface area contributed by atoms with Crippen molar-refractivity contribution < 1.29 is 8.91 Å². The van der Waals surface area contributed by atoms with E-state index in [1.165, 1.54) is 24.5 Å². The zero-order valence-corrected chi connectivity index (χ0v) is 14.6. The molecule has 1 heterocycles. The van der Waals surface area contributed by atoms with Gasteiger partial charge in [0.25, 0.3) is 0 Å². The largest absolute Gasteiger partial charge is 0.338 e. The molecular weight excluding hydrogens is 329 g/mol. The zero-order chi connectivity index (χ0) is 17.8. The topological polar surface area (TPSA) is 42.2 Å². The maximum atomic E-state index is 13.3. The lowest BCUT2D eigenvalue weighted by atomic mass is 10.1. The third-order valence-electron chi connectivity index (χ3n) is 4.69. The number of hydrogen-bond donors (Lipinski definition) is 0. The second kappa shape index (κ2) is 7.79. The van der Waals surface area contributed by atoms with E-state index in [2.05, 4.69) is 27.2 Å². The maximum absolute atomic E-state index is 13.3. The molecule has 5 heteroatoms. The molecule has 1 saturated carbocycles. The molecule has 0 atom stereocenters. The molecule has 0 unspecified atom stereocenters. The van der Waals surface area contributed by atoms with E-state index >= 15 is 0 Å². The van der Waals surface area contributed by atoms with Gasteiger partial charge in [0.05, 0.1) is 6.54 Å². The van der Waals surface area contributed by atoms with E-state index in [-0.39, 0.29) is 5.82 Å². The number of aromatic nitrogens is 2. The molecule has 0 aliphatic heterocycles. The summed E-state index contributed by atoms with van der Waals surface area (Å²) in [6.45, 7) is 1.52. The van der Waals surface area contributed by atoms with E-state index in [9.17, 15) is 4.39 Å². The Morgan fingerprint density at radius 1 is 1.04 bits per heavy atom. The van der Waals surface area contributed by atoms with Crippen molar-refractivity contribution in [3.05, 3.63) is 83.3 Å². The fraction of sp³-hybridized carbons (Fsp3) is 0.333. The molecule has 4 nitrogen and oxygen atoms in total. The molecule has 1 aromatic heterocycles. The van der Waals surface area contributed by atoms with Gasteiger partial charge in [0.15, 0.2) is 5.82 Å². The SMILES string of the molecule is Fc1cccc(CCN(Cc2nc(Cc3ccccc3)no2)C2CC2)c1. The van der Waals surface area contributed by atoms with Crippen molar-refractivity contribution in [1.29, 1.82) is 0 Å². The highest BCUT2D eigenvalue weighted by Gasteiger charge is 2.30. The lowest BCUT2D eigenvalue weighted by molar-refractivity contribution is 0.219. The summed E-state index contributed by atoms with van der Waals surface area (Å²) in [6, 6.07) is 17.5. The van der Waals surface area contributed by atoms with E-state index in [0.29, 0.717) is 30.7 Å². The monoisotopic (exact) mass is 351 g/mol. The van der Waals surface area contributed by atoms with Crippen LogP contribution < -0.4 is 0 Å². The summed E-state index contributed by atoms with van der Waals surface area (Å²) in [4.78, 5) is 6.91. The molecule has 134 valence electrons.